The Morgan fingerprint density at radius 2 is 2.14 bits per heavy atom. The lowest BCUT2D eigenvalue weighted by molar-refractivity contribution is 0.373. The number of nitrogens with zero attached hydrogens (tertiary/aromatic N) is 4. The van der Waals surface area contributed by atoms with Crippen LogP contribution in [0.5, 0.6) is 11.6 Å². The summed E-state index contributed by atoms with van der Waals surface area (Å²) in [6, 6.07) is 6.05. The van der Waals surface area contributed by atoms with Crippen LogP contribution in [-0.2, 0) is 0 Å². The van der Waals surface area contributed by atoms with Crippen molar-refractivity contribution in [2.45, 2.75) is 32.1 Å². The highest BCUT2D eigenvalue weighted by molar-refractivity contribution is 14.2. The Hall–Kier alpha value is -1.81. The minimum Gasteiger partial charge on any atom is -0.438 e. The maximum absolute atomic E-state index is 6.11. The number of fused-ring (bicyclic) bond motifs is 2. The van der Waals surface area contributed by atoms with Crippen molar-refractivity contribution < 1.29 is 4.74 Å². The van der Waals surface area contributed by atoms with E-state index in [9.17, 15) is 0 Å². The summed E-state index contributed by atoms with van der Waals surface area (Å²) in [6.07, 6.45) is 8.39. The molecule has 1 fully saturated rings. The van der Waals surface area contributed by atoms with E-state index in [2.05, 4.69) is 35.5 Å². The van der Waals surface area contributed by atoms with Crippen LogP contribution in [0.25, 0.3) is 10.2 Å². The van der Waals surface area contributed by atoms with E-state index in [0.717, 1.165) is 44.9 Å². The summed E-state index contributed by atoms with van der Waals surface area (Å²) in [4.78, 5) is 13.4. The standard InChI is InChI=1S/C20H22IN5OS/c1-26-18-15(10-21-26)19(24-12-23-18)27-14-7-8-16-17(9-14)28-20(25-16)22-11-13-5-3-2-4-6-13/h7-10,12-13H,2-6,11H2,1H3,(H,22,25). The number of rotatable bonds is 5. The molecule has 6 nitrogen and oxygen atoms in total. The van der Waals surface area contributed by atoms with Crippen LogP contribution in [0.15, 0.2) is 24.5 Å². The summed E-state index contributed by atoms with van der Waals surface area (Å²) >= 11 is 1.52. The number of anilines is 2. The van der Waals surface area contributed by atoms with E-state index in [-0.39, 0.29) is 21.0 Å². The zero-order chi connectivity index (χ0) is 18.9. The quantitative estimate of drug-likeness (QED) is 0.371. The van der Waals surface area contributed by atoms with Crippen LogP contribution in [0.3, 0.4) is 0 Å². The third-order valence-electron chi connectivity index (χ3n) is 5.26. The van der Waals surface area contributed by atoms with Crippen molar-refractivity contribution in [1.82, 2.24) is 15.0 Å². The molecule has 0 bridgehead atoms. The Morgan fingerprint density at radius 3 is 3.04 bits per heavy atom. The van der Waals surface area contributed by atoms with Crippen molar-refractivity contribution in [2.75, 3.05) is 22.0 Å². The third-order valence-corrected chi connectivity index (χ3v) is 8.43. The van der Waals surface area contributed by atoms with Gasteiger partial charge in [0.05, 0.1) is 15.8 Å². The molecule has 3 aromatic rings. The molecule has 5 rings (SSSR count). The van der Waals surface area contributed by atoms with Gasteiger partial charge in [-0.3, -0.25) is 0 Å². The number of hydrogen-bond acceptors (Lipinski definition) is 7. The van der Waals surface area contributed by atoms with Gasteiger partial charge < -0.3 is 13.2 Å². The fraction of sp³-hybridized carbons (Fsp3) is 0.400. The molecule has 3 heterocycles. The molecule has 1 aliphatic heterocycles. The molecule has 1 N–H and O–H groups in total. The van der Waals surface area contributed by atoms with Crippen molar-refractivity contribution in [1.29, 1.82) is 0 Å². The Labute approximate surface area is 178 Å². The molecule has 0 atom stereocenters. The van der Waals surface area contributed by atoms with Gasteiger partial charge in [0.1, 0.15) is 12.1 Å². The maximum Gasteiger partial charge on any atom is 0.232 e. The Morgan fingerprint density at radius 1 is 1.25 bits per heavy atom. The normalized spacial score (nSPS) is 16.8. The van der Waals surface area contributed by atoms with E-state index in [1.165, 1.54) is 32.1 Å². The average Bonchev–Trinajstić information content (AvgIpc) is 3.31. The molecule has 0 amide bonds. The van der Waals surface area contributed by atoms with Crippen LogP contribution in [0.2, 0.25) is 0 Å². The predicted molar refractivity (Wildman–Crippen MR) is 124 cm³/mol. The summed E-state index contributed by atoms with van der Waals surface area (Å²) < 4.78 is 11.6. The van der Waals surface area contributed by atoms with Gasteiger partial charge in [-0.05, 0) is 30.9 Å². The highest BCUT2D eigenvalue weighted by atomic mass is 127. The summed E-state index contributed by atoms with van der Waals surface area (Å²) in [5, 5.41) is 4.55. The van der Waals surface area contributed by atoms with Gasteiger partial charge in [-0.2, -0.15) is 0 Å². The zero-order valence-corrected chi connectivity index (χ0v) is 18.7. The number of hydrogen-bond donors (Lipinski definition) is 1. The molecule has 0 saturated heterocycles. The first-order valence-corrected chi connectivity index (χ1v) is 12.7. The second kappa shape index (κ2) is 7.90. The van der Waals surface area contributed by atoms with Crippen LogP contribution in [0, 0.1) is 5.92 Å². The fourth-order valence-corrected chi connectivity index (χ4v) is 6.53. The van der Waals surface area contributed by atoms with Crippen LogP contribution >= 0.6 is 32.3 Å². The average molecular weight is 507 g/mol. The number of aromatic nitrogens is 3. The third kappa shape index (κ3) is 3.71. The van der Waals surface area contributed by atoms with Gasteiger partial charge in [0, 0.05) is 44.7 Å². The zero-order valence-electron chi connectivity index (χ0n) is 15.7. The number of thiazole rings is 1. The monoisotopic (exact) mass is 507 g/mol. The summed E-state index contributed by atoms with van der Waals surface area (Å²) in [7, 11) is 2.07. The summed E-state index contributed by atoms with van der Waals surface area (Å²) in [5.41, 5.74) is 2.02. The molecule has 0 unspecified atom stereocenters. The van der Waals surface area contributed by atoms with Crippen LogP contribution in [-0.4, -0.2) is 32.6 Å². The molecule has 0 radical (unpaired) electrons. The maximum atomic E-state index is 6.11. The van der Waals surface area contributed by atoms with Crippen molar-refractivity contribution in [3.05, 3.63) is 30.1 Å². The van der Waals surface area contributed by atoms with Gasteiger partial charge in [-0.15, -0.1) is 0 Å². The summed E-state index contributed by atoms with van der Waals surface area (Å²) in [6.45, 7) is 1.03. The van der Waals surface area contributed by atoms with Crippen molar-refractivity contribution in [3.63, 3.8) is 0 Å². The van der Waals surface area contributed by atoms with Gasteiger partial charge in [0.2, 0.25) is 5.88 Å². The molecule has 1 aliphatic carbocycles. The number of nitrogens with one attached hydrogen (secondary N) is 1. The molecule has 146 valence electrons. The molecular weight excluding hydrogens is 485 g/mol. The Kier molecular flexibility index (Phi) is 5.15. The van der Waals surface area contributed by atoms with E-state index in [1.54, 1.807) is 17.7 Å². The van der Waals surface area contributed by atoms with Crippen molar-refractivity contribution in [2.24, 2.45) is 5.92 Å². The van der Waals surface area contributed by atoms with E-state index >= 15 is 0 Å². The molecule has 2 aromatic heterocycles. The first-order chi connectivity index (χ1) is 13.8. The lowest BCUT2D eigenvalue weighted by Gasteiger charge is -2.21. The topological polar surface area (TPSA) is 63.2 Å². The molecule has 8 heteroatoms. The molecule has 1 saturated carbocycles. The van der Waals surface area contributed by atoms with Gasteiger partial charge in [-0.1, -0.05) is 30.6 Å². The van der Waals surface area contributed by atoms with Gasteiger partial charge >= 0.3 is 0 Å². The molecule has 1 aromatic carbocycles. The molecule has 28 heavy (non-hydrogen) atoms. The van der Waals surface area contributed by atoms with E-state index in [0.29, 0.717) is 5.88 Å². The van der Waals surface area contributed by atoms with E-state index < -0.39 is 0 Å². The lowest BCUT2D eigenvalue weighted by Crippen LogP contribution is -2.16. The highest BCUT2D eigenvalue weighted by Gasteiger charge is 2.19. The van der Waals surface area contributed by atoms with Gasteiger partial charge in [0.25, 0.3) is 0 Å². The van der Waals surface area contributed by atoms with Crippen molar-refractivity contribution in [3.8, 4) is 11.6 Å². The predicted octanol–water partition coefficient (Wildman–Crippen LogP) is 5.36. The van der Waals surface area contributed by atoms with Crippen molar-refractivity contribution >= 4 is 57.5 Å². The van der Waals surface area contributed by atoms with Crippen LogP contribution < -0.4 is 13.2 Å². The van der Waals surface area contributed by atoms with E-state index in [1.807, 2.05) is 12.1 Å². The van der Waals surface area contributed by atoms with E-state index in [4.69, 9.17) is 9.72 Å². The number of halogens is 1. The summed E-state index contributed by atoms with van der Waals surface area (Å²) in [5.74, 6) is 3.17. The SMILES string of the molecule is CN1I=Cc2c(Oc3ccc4nc(NCC5CCCCC5)sc4c3)ncnc21. The first kappa shape index (κ1) is 18.2. The first-order valence-electron chi connectivity index (χ1n) is 9.64. The lowest BCUT2D eigenvalue weighted by atomic mass is 9.89. The number of benzene rings is 1. The minimum absolute atomic E-state index is 0.170. The Balaban J connectivity index is 1.32. The molecule has 2 aliphatic rings. The van der Waals surface area contributed by atoms with Crippen LogP contribution in [0.1, 0.15) is 37.7 Å². The second-order valence-corrected chi connectivity index (χ2v) is 10.9. The Bertz CT molecular complexity index is 1030. The largest absolute Gasteiger partial charge is 0.438 e. The van der Waals surface area contributed by atoms with Gasteiger partial charge in [-0.25, -0.2) is 15.0 Å². The molecule has 0 spiro atoms. The fourth-order valence-electron chi connectivity index (χ4n) is 3.74. The second-order valence-electron chi connectivity index (χ2n) is 7.24. The smallest absolute Gasteiger partial charge is 0.232 e. The minimum atomic E-state index is -0.170. The number of ether oxygens (including phenoxy) is 1. The highest BCUT2D eigenvalue weighted by Crippen LogP contribution is 2.36. The van der Waals surface area contributed by atoms with Gasteiger partial charge in [0.15, 0.2) is 10.9 Å². The van der Waals surface area contributed by atoms with Crippen LogP contribution in [0.4, 0.5) is 10.9 Å². The molecular formula is C20H22IN5OS.